The van der Waals surface area contributed by atoms with Gasteiger partial charge in [0.25, 0.3) is 5.91 Å². The van der Waals surface area contributed by atoms with Gasteiger partial charge >= 0.3 is 6.03 Å². The van der Waals surface area contributed by atoms with E-state index in [2.05, 4.69) is 16.0 Å². The second-order valence-corrected chi connectivity index (χ2v) is 7.02. The number of hydrogen-bond acceptors (Lipinski definition) is 3. The Morgan fingerprint density at radius 3 is 2.60 bits per heavy atom. The number of allylic oxidation sites excluding steroid dienone is 1. The van der Waals surface area contributed by atoms with Crippen LogP contribution in [0.25, 0.3) is 10.8 Å². The summed E-state index contributed by atoms with van der Waals surface area (Å²) < 4.78 is 5.62. The van der Waals surface area contributed by atoms with E-state index in [1.807, 2.05) is 67.6 Å². The van der Waals surface area contributed by atoms with Crippen molar-refractivity contribution in [2.45, 2.75) is 19.9 Å². The summed E-state index contributed by atoms with van der Waals surface area (Å²) in [4.78, 5) is 25.6. The van der Waals surface area contributed by atoms with Crippen LogP contribution >= 0.6 is 0 Å². The number of nitrogens with one attached hydrogen (secondary N) is 3. The summed E-state index contributed by atoms with van der Waals surface area (Å²) >= 11 is 0. The molecule has 0 fully saturated rings. The molecule has 0 unspecified atom stereocenters. The maximum Gasteiger partial charge on any atom is 0.319 e. The first-order valence-electron chi connectivity index (χ1n) is 9.87. The van der Waals surface area contributed by atoms with Crippen molar-refractivity contribution in [2.24, 2.45) is 0 Å². The lowest BCUT2D eigenvalue weighted by Crippen LogP contribution is -2.46. The third-order valence-electron chi connectivity index (χ3n) is 5.08. The fourth-order valence-electron chi connectivity index (χ4n) is 3.77. The summed E-state index contributed by atoms with van der Waals surface area (Å²) in [6, 6.07) is 20.2. The second-order valence-electron chi connectivity index (χ2n) is 7.02. The third kappa shape index (κ3) is 3.72. The van der Waals surface area contributed by atoms with Crippen molar-refractivity contribution in [1.29, 1.82) is 0 Å². The Bertz CT molecular complexity index is 1150. The lowest BCUT2D eigenvalue weighted by Gasteiger charge is -2.29. The molecule has 30 heavy (non-hydrogen) atoms. The van der Waals surface area contributed by atoms with Crippen LogP contribution in [0.2, 0.25) is 0 Å². The molecular weight excluding hydrogens is 378 g/mol. The van der Waals surface area contributed by atoms with E-state index in [-0.39, 0.29) is 11.9 Å². The minimum Gasteiger partial charge on any atom is -0.492 e. The molecule has 1 atom stereocenters. The van der Waals surface area contributed by atoms with Gasteiger partial charge in [-0.15, -0.1) is 0 Å². The zero-order valence-electron chi connectivity index (χ0n) is 16.9. The molecule has 0 aromatic heterocycles. The van der Waals surface area contributed by atoms with Crippen LogP contribution < -0.4 is 20.7 Å². The van der Waals surface area contributed by atoms with Gasteiger partial charge in [-0.25, -0.2) is 4.79 Å². The molecule has 3 N–H and O–H groups in total. The third-order valence-corrected chi connectivity index (χ3v) is 5.08. The van der Waals surface area contributed by atoms with Crippen molar-refractivity contribution >= 4 is 28.4 Å². The number of ether oxygens (including phenoxy) is 1. The van der Waals surface area contributed by atoms with Crippen molar-refractivity contribution in [1.82, 2.24) is 10.6 Å². The van der Waals surface area contributed by atoms with Gasteiger partial charge in [-0.3, -0.25) is 4.79 Å². The maximum absolute atomic E-state index is 13.3. The quantitative estimate of drug-likeness (QED) is 0.589. The highest BCUT2D eigenvalue weighted by atomic mass is 16.5. The molecule has 0 saturated heterocycles. The second kappa shape index (κ2) is 8.29. The molecule has 6 heteroatoms. The average Bonchev–Trinajstić information content (AvgIpc) is 2.74. The Morgan fingerprint density at radius 2 is 1.77 bits per heavy atom. The van der Waals surface area contributed by atoms with E-state index in [0.29, 0.717) is 29.3 Å². The Labute approximate surface area is 174 Å². The summed E-state index contributed by atoms with van der Waals surface area (Å²) in [7, 11) is 0. The van der Waals surface area contributed by atoms with E-state index in [1.54, 1.807) is 13.0 Å². The number of amides is 3. The molecule has 1 aliphatic heterocycles. The number of carbonyl (C=O) groups is 2. The van der Waals surface area contributed by atoms with E-state index < -0.39 is 6.04 Å². The molecular formula is C24H23N3O3. The van der Waals surface area contributed by atoms with E-state index >= 15 is 0 Å². The van der Waals surface area contributed by atoms with Crippen molar-refractivity contribution in [3.63, 3.8) is 0 Å². The minimum atomic E-state index is -0.580. The highest BCUT2D eigenvalue weighted by Gasteiger charge is 2.32. The normalized spacial score (nSPS) is 16.1. The van der Waals surface area contributed by atoms with Crippen LogP contribution in [-0.2, 0) is 4.79 Å². The van der Waals surface area contributed by atoms with Crippen LogP contribution in [0, 0.1) is 0 Å². The first-order valence-corrected chi connectivity index (χ1v) is 9.87. The predicted molar refractivity (Wildman–Crippen MR) is 117 cm³/mol. The van der Waals surface area contributed by atoms with Crippen LogP contribution in [0.3, 0.4) is 0 Å². The van der Waals surface area contributed by atoms with Gasteiger partial charge in [0.1, 0.15) is 5.75 Å². The molecule has 0 aliphatic carbocycles. The number of urea groups is 1. The first-order chi connectivity index (χ1) is 14.6. The van der Waals surface area contributed by atoms with E-state index in [0.717, 1.165) is 16.3 Å². The topological polar surface area (TPSA) is 79.5 Å². The van der Waals surface area contributed by atoms with E-state index in [4.69, 9.17) is 4.74 Å². The minimum absolute atomic E-state index is 0.301. The lowest BCUT2D eigenvalue weighted by molar-refractivity contribution is -0.113. The zero-order valence-corrected chi connectivity index (χ0v) is 16.9. The van der Waals surface area contributed by atoms with Gasteiger partial charge in [0, 0.05) is 5.70 Å². The molecule has 3 aromatic rings. The number of benzene rings is 3. The van der Waals surface area contributed by atoms with Crippen LogP contribution in [0.15, 0.2) is 78.0 Å². The van der Waals surface area contributed by atoms with E-state index in [9.17, 15) is 9.59 Å². The van der Waals surface area contributed by atoms with Crippen LogP contribution in [0.4, 0.5) is 10.5 Å². The molecule has 1 heterocycles. The van der Waals surface area contributed by atoms with Gasteiger partial charge in [-0.1, -0.05) is 54.6 Å². The Balaban J connectivity index is 1.75. The van der Waals surface area contributed by atoms with Crippen molar-refractivity contribution in [2.75, 3.05) is 11.9 Å². The zero-order chi connectivity index (χ0) is 21.1. The van der Waals surface area contributed by atoms with Crippen LogP contribution in [0.1, 0.15) is 25.5 Å². The number of carbonyl (C=O) groups excluding carboxylic acids is 2. The monoisotopic (exact) mass is 401 g/mol. The largest absolute Gasteiger partial charge is 0.492 e. The van der Waals surface area contributed by atoms with E-state index in [1.165, 1.54) is 0 Å². The molecule has 0 saturated carbocycles. The standard InChI is InChI=1S/C24H23N3O3/c1-3-30-20-14-7-6-13-19(20)26-23(28)21-15(2)25-24(29)27-22(21)18-12-8-10-16-9-4-5-11-17(16)18/h4-14,22H,3H2,1-2H3,(H,26,28)(H2,25,27,29)/t22-/m1/s1. The fourth-order valence-corrected chi connectivity index (χ4v) is 3.77. The molecule has 3 aromatic carbocycles. The van der Waals surface area contributed by atoms with Gasteiger partial charge in [0.2, 0.25) is 0 Å². The lowest BCUT2D eigenvalue weighted by atomic mass is 9.91. The summed E-state index contributed by atoms with van der Waals surface area (Å²) in [5.41, 5.74) is 2.42. The molecule has 3 amide bonds. The summed E-state index contributed by atoms with van der Waals surface area (Å²) in [6.07, 6.45) is 0. The van der Waals surface area contributed by atoms with Gasteiger partial charge in [-0.05, 0) is 42.3 Å². The summed E-state index contributed by atoms with van der Waals surface area (Å²) in [6.45, 7) is 4.12. The molecule has 0 radical (unpaired) electrons. The molecule has 0 spiro atoms. The summed E-state index contributed by atoms with van der Waals surface area (Å²) in [5.74, 6) is 0.297. The van der Waals surface area contributed by atoms with Crippen LogP contribution in [0.5, 0.6) is 5.75 Å². The van der Waals surface area contributed by atoms with Gasteiger partial charge in [-0.2, -0.15) is 0 Å². The van der Waals surface area contributed by atoms with Crippen molar-refractivity contribution < 1.29 is 14.3 Å². The number of rotatable bonds is 5. The molecule has 0 bridgehead atoms. The number of fused-ring (bicyclic) bond motifs is 1. The fraction of sp³-hybridized carbons (Fsp3) is 0.167. The number of anilines is 1. The first kappa shape index (κ1) is 19.5. The van der Waals surface area contributed by atoms with Crippen molar-refractivity contribution in [3.8, 4) is 5.75 Å². The maximum atomic E-state index is 13.3. The van der Waals surface area contributed by atoms with Crippen molar-refractivity contribution in [3.05, 3.63) is 83.6 Å². The SMILES string of the molecule is CCOc1ccccc1NC(=O)C1=C(C)NC(=O)N[C@@H]1c1cccc2ccccc12. The van der Waals surface area contributed by atoms with Gasteiger partial charge in [0.05, 0.1) is 23.9 Å². The summed E-state index contributed by atoms with van der Waals surface area (Å²) in [5, 5.41) is 10.6. The molecule has 1 aliphatic rings. The van der Waals surface area contributed by atoms with Gasteiger partial charge in [0.15, 0.2) is 0 Å². The van der Waals surface area contributed by atoms with Crippen LogP contribution in [-0.4, -0.2) is 18.5 Å². The number of hydrogen-bond donors (Lipinski definition) is 3. The Morgan fingerprint density at radius 1 is 1.03 bits per heavy atom. The molecule has 4 rings (SSSR count). The Kier molecular flexibility index (Phi) is 5.39. The van der Waals surface area contributed by atoms with Gasteiger partial charge < -0.3 is 20.7 Å². The average molecular weight is 401 g/mol. The molecule has 6 nitrogen and oxygen atoms in total. The highest BCUT2D eigenvalue weighted by molar-refractivity contribution is 6.08. The Hall–Kier alpha value is -3.80. The smallest absolute Gasteiger partial charge is 0.319 e. The highest BCUT2D eigenvalue weighted by Crippen LogP contribution is 2.33. The predicted octanol–water partition coefficient (Wildman–Crippen LogP) is 4.51. The molecule has 152 valence electrons. The number of para-hydroxylation sites is 2.